The van der Waals surface area contributed by atoms with Crippen LogP contribution in [0.15, 0.2) is 18.2 Å². The molecule has 0 saturated carbocycles. The normalized spacial score (nSPS) is 16.0. The molecule has 4 atom stereocenters. The molecule has 0 aliphatic rings. The van der Waals surface area contributed by atoms with Crippen LogP contribution in [0.2, 0.25) is 10.0 Å². The third kappa shape index (κ3) is 5.72. The maximum absolute atomic E-state index is 12.9. The van der Waals surface area contributed by atoms with Gasteiger partial charge in [0.05, 0.1) is 22.3 Å². The quantitative estimate of drug-likeness (QED) is 0.445. The number of halogens is 2. The van der Waals surface area contributed by atoms with Gasteiger partial charge in [0.15, 0.2) is 6.29 Å². The molecule has 0 amide bonds. The highest BCUT2D eigenvalue weighted by Crippen LogP contribution is 2.59. The van der Waals surface area contributed by atoms with Gasteiger partial charge in [-0.05, 0) is 24.6 Å². The monoisotopic (exact) mass is 390 g/mol. The summed E-state index contributed by atoms with van der Waals surface area (Å²) in [5.74, 6) is 0. The van der Waals surface area contributed by atoms with E-state index < -0.39 is 19.3 Å². The van der Waals surface area contributed by atoms with Crippen LogP contribution in [-0.2, 0) is 18.1 Å². The summed E-state index contributed by atoms with van der Waals surface area (Å²) in [6, 6.07) is 5.17. The van der Waals surface area contributed by atoms with Crippen molar-refractivity contribution < 1.29 is 18.1 Å². The standard InChI is InChI=1S/C12H19Cl2O4P3/c1-3-16-21(2,15)11(7-12(17-19)18-20)8-4-5-9(13)10(14)6-8/h4-6,11-12H,3,7,19-20H2,1-2H3. The molecule has 21 heavy (non-hydrogen) atoms. The number of hydrogen-bond acceptors (Lipinski definition) is 4. The second-order valence-corrected chi connectivity index (χ2v) is 8.51. The van der Waals surface area contributed by atoms with Crippen LogP contribution in [0.3, 0.4) is 0 Å². The Balaban J connectivity index is 3.17. The van der Waals surface area contributed by atoms with Gasteiger partial charge in [0.2, 0.25) is 7.37 Å². The van der Waals surface area contributed by atoms with E-state index in [1.165, 1.54) is 0 Å². The minimum absolute atomic E-state index is 0.360. The minimum Gasteiger partial charge on any atom is -0.336 e. The SMILES string of the molecule is CCOP(C)(=O)C(CC(OP)OP)c1ccc(Cl)c(Cl)c1. The highest BCUT2D eigenvalue weighted by molar-refractivity contribution is 7.58. The summed E-state index contributed by atoms with van der Waals surface area (Å²) in [6.07, 6.45) is -0.188. The smallest absolute Gasteiger partial charge is 0.207 e. The first-order valence-electron chi connectivity index (χ1n) is 6.23. The zero-order valence-electron chi connectivity index (χ0n) is 11.8. The fourth-order valence-electron chi connectivity index (χ4n) is 1.99. The predicted molar refractivity (Wildman–Crippen MR) is 94.4 cm³/mol. The lowest BCUT2D eigenvalue weighted by atomic mass is 10.1. The van der Waals surface area contributed by atoms with Crippen LogP contribution < -0.4 is 0 Å². The molecule has 0 fully saturated rings. The Morgan fingerprint density at radius 2 is 1.86 bits per heavy atom. The van der Waals surface area contributed by atoms with E-state index in [-0.39, 0.29) is 0 Å². The van der Waals surface area contributed by atoms with Crippen molar-refractivity contribution in [3.63, 3.8) is 0 Å². The van der Waals surface area contributed by atoms with Crippen molar-refractivity contribution in [1.82, 2.24) is 0 Å². The van der Waals surface area contributed by atoms with E-state index >= 15 is 0 Å². The molecule has 120 valence electrons. The van der Waals surface area contributed by atoms with Crippen LogP contribution in [0, 0.1) is 0 Å². The van der Waals surface area contributed by atoms with Crippen LogP contribution in [-0.4, -0.2) is 19.6 Å². The van der Waals surface area contributed by atoms with E-state index in [1.807, 2.05) is 0 Å². The molecule has 0 aliphatic carbocycles. The van der Waals surface area contributed by atoms with Gasteiger partial charge in [-0.3, -0.25) is 4.57 Å². The molecule has 0 heterocycles. The lowest BCUT2D eigenvalue weighted by Crippen LogP contribution is -2.14. The van der Waals surface area contributed by atoms with Crippen LogP contribution in [0.1, 0.15) is 24.6 Å². The highest BCUT2D eigenvalue weighted by Gasteiger charge is 2.33. The maximum atomic E-state index is 12.9. The van der Waals surface area contributed by atoms with Crippen molar-refractivity contribution in [2.24, 2.45) is 0 Å². The van der Waals surface area contributed by atoms with Crippen molar-refractivity contribution in [3.05, 3.63) is 33.8 Å². The fourth-order valence-corrected chi connectivity index (χ4v) is 4.73. The zero-order valence-corrected chi connectivity index (χ0v) is 16.5. The summed E-state index contributed by atoms with van der Waals surface area (Å²) in [5.41, 5.74) is 0.371. The van der Waals surface area contributed by atoms with E-state index in [9.17, 15) is 4.57 Å². The molecule has 0 bridgehead atoms. The van der Waals surface area contributed by atoms with Crippen LogP contribution in [0.25, 0.3) is 0 Å². The van der Waals surface area contributed by atoms with Crippen LogP contribution in [0.4, 0.5) is 0 Å². The molecule has 0 spiro atoms. The van der Waals surface area contributed by atoms with Crippen molar-refractivity contribution in [1.29, 1.82) is 0 Å². The fraction of sp³-hybridized carbons (Fsp3) is 0.500. The van der Waals surface area contributed by atoms with Gasteiger partial charge < -0.3 is 13.6 Å². The predicted octanol–water partition coefficient (Wildman–Crippen LogP) is 5.31. The van der Waals surface area contributed by atoms with E-state index in [1.54, 1.807) is 31.8 Å². The molecular weight excluding hydrogens is 372 g/mol. The third-order valence-electron chi connectivity index (χ3n) is 3.00. The first-order chi connectivity index (χ1) is 9.85. The largest absolute Gasteiger partial charge is 0.336 e. The average molecular weight is 391 g/mol. The molecule has 4 unspecified atom stereocenters. The average Bonchev–Trinajstić information content (AvgIpc) is 2.43. The Hall–Kier alpha value is 0.770. The van der Waals surface area contributed by atoms with Crippen LogP contribution >= 0.6 is 49.5 Å². The molecule has 0 aliphatic heterocycles. The molecule has 1 rings (SSSR count). The number of benzene rings is 1. The second-order valence-electron chi connectivity index (χ2n) is 4.45. The second kappa shape index (κ2) is 9.16. The molecule has 0 radical (unpaired) electrons. The summed E-state index contributed by atoms with van der Waals surface area (Å²) < 4.78 is 28.5. The minimum atomic E-state index is -2.92. The van der Waals surface area contributed by atoms with Gasteiger partial charge in [-0.2, -0.15) is 0 Å². The van der Waals surface area contributed by atoms with Gasteiger partial charge in [-0.25, -0.2) is 0 Å². The van der Waals surface area contributed by atoms with Crippen molar-refractivity contribution in [3.8, 4) is 0 Å². The number of rotatable bonds is 8. The molecule has 0 saturated heterocycles. The van der Waals surface area contributed by atoms with Crippen molar-refractivity contribution >= 4 is 49.5 Å². The van der Waals surface area contributed by atoms with Gasteiger partial charge in [-0.15, -0.1) is 0 Å². The lowest BCUT2D eigenvalue weighted by Gasteiger charge is -2.27. The van der Waals surface area contributed by atoms with Crippen molar-refractivity contribution in [2.75, 3.05) is 13.3 Å². The Kier molecular flexibility index (Phi) is 8.64. The molecular formula is C12H19Cl2O4P3. The topological polar surface area (TPSA) is 44.8 Å². The summed E-state index contributed by atoms with van der Waals surface area (Å²) in [6.45, 7) is 3.77. The van der Waals surface area contributed by atoms with E-state index in [2.05, 4.69) is 18.9 Å². The van der Waals surface area contributed by atoms with Gasteiger partial charge >= 0.3 is 0 Å². The molecule has 1 aromatic rings. The Morgan fingerprint density at radius 3 is 2.33 bits per heavy atom. The van der Waals surface area contributed by atoms with E-state index in [4.69, 9.17) is 36.8 Å². The summed E-state index contributed by atoms with van der Waals surface area (Å²) in [4.78, 5) is 0. The zero-order chi connectivity index (χ0) is 16.0. The Labute approximate surface area is 140 Å². The first kappa shape index (κ1) is 19.8. The van der Waals surface area contributed by atoms with E-state index in [0.717, 1.165) is 5.56 Å². The highest BCUT2D eigenvalue weighted by atomic mass is 35.5. The molecule has 4 nitrogen and oxygen atoms in total. The van der Waals surface area contributed by atoms with Crippen LogP contribution in [0.5, 0.6) is 0 Å². The molecule has 0 N–H and O–H groups in total. The Bertz CT molecular complexity index is 511. The van der Waals surface area contributed by atoms with E-state index in [0.29, 0.717) is 23.1 Å². The summed E-state index contributed by atoms with van der Waals surface area (Å²) in [7, 11) is 1.35. The molecule has 0 aromatic heterocycles. The number of hydrogen-bond donors (Lipinski definition) is 0. The summed E-state index contributed by atoms with van der Waals surface area (Å²) in [5, 5.41) is 0.855. The first-order valence-corrected chi connectivity index (χ1v) is 10.1. The molecule has 1 aromatic carbocycles. The third-order valence-corrected chi connectivity index (χ3v) is 6.76. The van der Waals surface area contributed by atoms with Gasteiger partial charge in [-0.1, -0.05) is 29.3 Å². The maximum Gasteiger partial charge on any atom is 0.207 e. The Morgan fingerprint density at radius 1 is 1.24 bits per heavy atom. The lowest BCUT2D eigenvalue weighted by molar-refractivity contribution is 0.0297. The van der Waals surface area contributed by atoms with Gasteiger partial charge in [0, 0.05) is 32.0 Å². The molecule has 9 heteroatoms. The van der Waals surface area contributed by atoms with Gasteiger partial charge in [0.1, 0.15) is 0 Å². The summed E-state index contributed by atoms with van der Waals surface area (Å²) >= 11 is 12.0. The van der Waals surface area contributed by atoms with Gasteiger partial charge in [0.25, 0.3) is 0 Å². The van der Waals surface area contributed by atoms with Crippen molar-refractivity contribution in [2.45, 2.75) is 25.3 Å².